The number of nitrogens with one attached hydrogen (secondary N) is 2. The molecule has 0 spiro atoms. The largest absolute Gasteiger partial charge is 0.497 e. The van der Waals surface area contributed by atoms with Gasteiger partial charge in [0.1, 0.15) is 5.75 Å². The molecule has 0 aliphatic heterocycles. The van der Waals surface area contributed by atoms with Gasteiger partial charge in [-0.25, -0.2) is 0 Å². The molecule has 0 radical (unpaired) electrons. The topological polar surface area (TPSA) is 97.0 Å². The van der Waals surface area contributed by atoms with E-state index in [9.17, 15) is 9.59 Å². The predicted octanol–water partition coefficient (Wildman–Crippen LogP) is 2.09. The van der Waals surface area contributed by atoms with E-state index in [1.165, 1.54) is 0 Å². The molecule has 1 aromatic carbocycles. The lowest BCUT2D eigenvalue weighted by Gasteiger charge is -2.07. The third-order valence-corrected chi connectivity index (χ3v) is 4.29. The van der Waals surface area contributed by atoms with Crippen molar-refractivity contribution in [1.82, 2.24) is 20.5 Å². The van der Waals surface area contributed by atoms with Gasteiger partial charge in [-0.3, -0.25) is 14.6 Å². The number of amides is 1. The summed E-state index contributed by atoms with van der Waals surface area (Å²) in [5.74, 6) is 1.34. The van der Waals surface area contributed by atoms with E-state index in [2.05, 4.69) is 34.3 Å². The molecule has 7 nitrogen and oxygen atoms in total. The number of thioether (sulfide) groups is 1. The average Bonchev–Trinajstić information content (AvgIpc) is 2.60. The van der Waals surface area contributed by atoms with E-state index in [0.717, 1.165) is 18.2 Å². The number of ether oxygens (including phenoxy) is 1. The number of nitrogens with zero attached hydrogens (tertiary/aromatic N) is 2. The maximum atomic E-state index is 12.2. The fourth-order valence-corrected chi connectivity index (χ4v) is 2.64. The highest BCUT2D eigenvalue weighted by Gasteiger charge is 2.10. The van der Waals surface area contributed by atoms with Crippen LogP contribution in [0.2, 0.25) is 0 Å². The van der Waals surface area contributed by atoms with Gasteiger partial charge in [0.2, 0.25) is 5.91 Å². The molecular formula is C17H22N4O3S. The SMILES string of the molecule is COc1ccc(-c2nnc(SCC(=O)NCCC(C)C)[nH]c2=O)cc1. The van der Waals surface area contributed by atoms with Gasteiger partial charge < -0.3 is 10.1 Å². The quantitative estimate of drug-likeness (QED) is 0.698. The number of rotatable bonds is 8. The number of benzene rings is 1. The van der Waals surface area contributed by atoms with Gasteiger partial charge in [0.25, 0.3) is 5.56 Å². The Morgan fingerprint density at radius 1 is 1.28 bits per heavy atom. The molecule has 0 bridgehead atoms. The van der Waals surface area contributed by atoms with Crippen molar-refractivity contribution in [2.75, 3.05) is 19.4 Å². The molecule has 2 rings (SSSR count). The Morgan fingerprint density at radius 2 is 2.00 bits per heavy atom. The van der Waals surface area contributed by atoms with Crippen LogP contribution in [0.5, 0.6) is 5.75 Å². The second kappa shape index (κ2) is 9.22. The number of H-pyrrole nitrogens is 1. The van der Waals surface area contributed by atoms with Crippen molar-refractivity contribution in [2.45, 2.75) is 25.4 Å². The molecule has 2 aromatic rings. The highest BCUT2D eigenvalue weighted by Crippen LogP contribution is 2.18. The molecule has 1 amide bonds. The summed E-state index contributed by atoms with van der Waals surface area (Å²) in [5, 5.41) is 11.1. The molecule has 0 unspecified atom stereocenters. The molecule has 0 atom stereocenters. The van der Waals surface area contributed by atoms with Crippen LogP contribution in [-0.4, -0.2) is 40.5 Å². The van der Waals surface area contributed by atoms with Crippen molar-refractivity contribution in [2.24, 2.45) is 5.92 Å². The summed E-state index contributed by atoms with van der Waals surface area (Å²) in [4.78, 5) is 26.6. The fourth-order valence-electron chi connectivity index (χ4n) is 2.01. The lowest BCUT2D eigenvalue weighted by atomic mass is 10.1. The smallest absolute Gasteiger partial charge is 0.278 e. The Bertz CT molecular complexity index is 759. The number of aromatic amines is 1. The van der Waals surface area contributed by atoms with E-state index in [4.69, 9.17) is 4.74 Å². The molecule has 8 heteroatoms. The highest BCUT2D eigenvalue weighted by atomic mass is 32.2. The summed E-state index contributed by atoms with van der Waals surface area (Å²) in [6.45, 7) is 4.85. The number of aromatic nitrogens is 3. The Labute approximate surface area is 150 Å². The molecule has 0 aliphatic carbocycles. The highest BCUT2D eigenvalue weighted by molar-refractivity contribution is 7.99. The van der Waals surface area contributed by atoms with Crippen molar-refractivity contribution in [3.8, 4) is 17.0 Å². The Hall–Kier alpha value is -2.35. The first-order valence-corrected chi connectivity index (χ1v) is 8.99. The van der Waals surface area contributed by atoms with E-state index in [1.807, 2.05) is 0 Å². The van der Waals surface area contributed by atoms with Crippen LogP contribution in [0.3, 0.4) is 0 Å². The molecular weight excluding hydrogens is 340 g/mol. The van der Waals surface area contributed by atoms with Crippen LogP contribution < -0.4 is 15.6 Å². The zero-order valence-corrected chi connectivity index (χ0v) is 15.4. The van der Waals surface area contributed by atoms with Crippen molar-refractivity contribution in [3.63, 3.8) is 0 Å². The van der Waals surface area contributed by atoms with Gasteiger partial charge >= 0.3 is 0 Å². The second-order valence-corrected chi connectivity index (χ2v) is 6.82. The zero-order chi connectivity index (χ0) is 18.2. The molecule has 1 aromatic heterocycles. The van der Waals surface area contributed by atoms with E-state index >= 15 is 0 Å². The van der Waals surface area contributed by atoms with Gasteiger partial charge in [-0.05, 0) is 36.6 Å². The van der Waals surface area contributed by atoms with Gasteiger partial charge in [-0.1, -0.05) is 25.6 Å². The molecule has 0 fully saturated rings. The van der Waals surface area contributed by atoms with Crippen LogP contribution in [0.4, 0.5) is 0 Å². The average molecular weight is 362 g/mol. The van der Waals surface area contributed by atoms with E-state index in [-0.39, 0.29) is 22.9 Å². The van der Waals surface area contributed by atoms with Crippen LogP contribution in [-0.2, 0) is 4.79 Å². The Morgan fingerprint density at radius 3 is 2.60 bits per heavy atom. The number of carbonyl (C=O) groups is 1. The lowest BCUT2D eigenvalue weighted by molar-refractivity contribution is -0.118. The van der Waals surface area contributed by atoms with E-state index in [1.54, 1.807) is 31.4 Å². The molecule has 134 valence electrons. The summed E-state index contributed by atoms with van der Waals surface area (Å²) in [7, 11) is 1.58. The molecule has 25 heavy (non-hydrogen) atoms. The first-order valence-electron chi connectivity index (χ1n) is 8.00. The summed E-state index contributed by atoms with van der Waals surface area (Å²) < 4.78 is 5.09. The predicted molar refractivity (Wildman–Crippen MR) is 97.8 cm³/mol. The normalized spacial score (nSPS) is 10.7. The van der Waals surface area contributed by atoms with Gasteiger partial charge in [0.05, 0.1) is 12.9 Å². The van der Waals surface area contributed by atoms with Crippen molar-refractivity contribution < 1.29 is 9.53 Å². The minimum Gasteiger partial charge on any atom is -0.497 e. The summed E-state index contributed by atoms with van der Waals surface area (Å²) in [6, 6.07) is 6.99. The van der Waals surface area contributed by atoms with Gasteiger partial charge in [-0.15, -0.1) is 10.2 Å². The minimum atomic E-state index is -0.345. The van der Waals surface area contributed by atoms with Crippen LogP contribution in [0.25, 0.3) is 11.3 Å². The molecule has 0 aliphatic rings. The molecule has 1 heterocycles. The summed E-state index contributed by atoms with van der Waals surface area (Å²) >= 11 is 1.15. The van der Waals surface area contributed by atoms with E-state index < -0.39 is 0 Å². The van der Waals surface area contributed by atoms with E-state index in [0.29, 0.717) is 28.9 Å². The maximum Gasteiger partial charge on any atom is 0.278 e. The van der Waals surface area contributed by atoms with Crippen molar-refractivity contribution >= 4 is 17.7 Å². The Kier molecular flexibility index (Phi) is 7.00. The molecule has 0 saturated carbocycles. The first kappa shape index (κ1) is 19.0. The van der Waals surface area contributed by atoms with Crippen LogP contribution in [0.15, 0.2) is 34.2 Å². The van der Waals surface area contributed by atoms with Crippen LogP contribution in [0, 0.1) is 5.92 Å². The van der Waals surface area contributed by atoms with Gasteiger partial charge in [0.15, 0.2) is 10.9 Å². The Balaban J connectivity index is 1.94. The second-order valence-electron chi connectivity index (χ2n) is 5.86. The van der Waals surface area contributed by atoms with Gasteiger partial charge in [0, 0.05) is 12.1 Å². The van der Waals surface area contributed by atoms with Crippen LogP contribution >= 0.6 is 11.8 Å². The number of hydrogen-bond donors (Lipinski definition) is 2. The minimum absolute atomic E-state index is 0.0903. The third-order valence-electron chi connectivity index (χ3n) is 3.42. The van der Waals surface area contributed by atoms with Crippen molar-refractivity contribution in [3.05, 3.63) is 34.6 Å². The first-order chi connectivity index (χ1) is 12.0. The lowest BCUT2D eigenvalue weighted by Crippen LogP contribution is -2.27. The van der Waals surface area contributed by atoms with Crippen molar-refractivity contribution in [1.29, 1.82) is 0 Å². The molecule has 2 N–H and O–H groups in total. The third kappa shape index (κ3) is 5.90. The monoisotopic (exact) mass is 362 g/mol. The summed E-state index contributed by atoms with van der Waals surface area (Å²) in [5.41, 5.74) is 0.536. The summed E-state index contributed by atoms with van der Waals surface area (Å²) in [6.07, 6.45) is 0.934. The number of hydrogen-bond acceptors (Lipinski definition) is 6. The standard InChI is InChI=1S/C17H22N4O3S/c1-11(2)8-9-18-14(22)10-25-17-19-16(23)15(20-21-17)12-4-6-13(24-3)7-5-12/h4-7,11H,8-10H2,1-3H3,(H,18,22)(H,19,21,23). The number of methoxy groups -OCH3 is 1. The maximum absolute atomic E-state index is 12.2. The van der Waals surface area contributed by atoms with Gasteiger partial charge in [-0.2, -0.15) is 0 Å². The van der Waals surface area contributed by atoms with Crippen LogP contribution in [0.1, 0.15) is 20.3 Å². The fraction of sp³-hybridized carbons (Fsp3) is 0.412. The molecule has 0 saturated heterocycles. The zero-order valence-electron chi connectivity index (χ0n) is 14.5. The number of carbonyl (C=O) groups excluding carboxylic acids is 1.